The van der Waals surface area contributed by atoms with E-state index in [9.17, 15) is 18.0 Å². The molecule has 0 unspecified atom stereocenters. The summed E-state index contributed by atoms with van der Waals surface area (Å²) in [6.07, 6.45) is -1.98. The molecular formula is C16H18ClF3N4O. The highest BCUT2D eigenvalue weighted by molar-refractivity contribution is 5.94. The van der Waals surface area contributed by atoms with Gasteiger partial charge >= 0.3 is 6.18 Å². The number of benzene rings is 1. The van der Waals surface area contributed by atoms with Crippen LogP contribution in [0.15, 0.2) is 36.5 Å². The van der Waals surface area contributed by atoms with Crippen LogP contribution in [0, 0.1) is 0 Å². The summed E-state index contributed by atoms with van der Waals surface area (Å²) in [5.41, 5.74) is 5.49. The van der Waals surface area contributed by atoms with Crippen molar-refractivity contribution in [2.24, 2.45) is 5.73 Å². The van der Waals surface area contributed by atoms with Crippen molar-refractivity contribution in [3.05, 3.63) is 47.8 Å². The third-order valence-electron chi connectivity index (χ3n) is 4.10. The van der Waals surface area contributed by atoms with Gasteiger partial charge in [0.15, 0.2) is 0 Å². The lowest BCUT2D eigenvalue weighted by molar-refractivity contribution is -0.142. The molecule has 1 saturated heterocycles. The van der Waals surface area contributed by atoms with Crippen LogP contribution in [0.1, 0.15) is 28.9 Å². The minimum Gasteiger partial charge on any atom is -0.339 e. The third-order valence-corrected chi connectivity index (χ3v) is 4.10. The lowest BCUT2D eigenvalue weighted by Crippen LogP contribution is -2.42. The molecule has 3 rings (SSSR count). The third kappa shape index (κ3) is 4.13. The summed E-state index contributed by atoms with van der Waals surface area (Å²) in [6, 6.07) is 7.07. The van der Waals surface area contributed by atoms with E-state index in [0.29, 0.717) is 18.7 Å². The van der Waals surface area contributed by atoms with Gasteiger partial charge in [0.2, 0.25) is 0 Å². The number of likely N-dealkylation sites (tertiary alicyclic amines) is 1. The predicted molar refractivity (Wildman–Crippen MR) is 88.9 cm³/mol. The van der Waals surface area contributed by atoms with Gasteiger partial charge in [0.1, 0.15) is 5.69 Å². The number of halogens is 4. The van der Waals surface area contributed by atoms with Crippen LogP contribution in [-0.2, 0) is 6.18 Å². The number of nitrogens with zero attached hydrogens (tertiary/aromatic N) is 3. The molecule has 9 heteroatoms. The maximum absolute atomic E-state index is 13.0. The van der Waals surface area contributed by atoms with Crippen molar-refractivity contribution < 1.29 is 18.0 Å². The van der Waals surface area contributed by atoms with Crippen LogP contribution in [0.4, 0.5) is 13.2 Å². The van der Waals surface area contributed by atoms with Gasteiger partial charge in [0.05, 0.1) is 11.9 Å². The normalized spacial score (nSPS) is 15.8. The highest BCUT2D eigenvalue weighted by Gasteiger charge is 2.35. The molecule has 136 valence electrons. The Morgan fingerprint density at radius 3 is 2.52 bits per heavy atom. The topological polar surface area (TPSA) is 64.2 Å². The summed E-state index contributed by atoms with van der Waals surface area (Å²) >= 11 is 0. The van der Waals surface area contributed by atoms with E-state index in [1.54, 1.807) is 17.0 Å². The Kier molecular flexibility index (Phi) is 5.74. The average molecular weight is 375 g/mol. The molecule has 1 amide bonds. The first-order valence-corrected chi connectivity index (χ1v) is 7.63. The van der Waals surface area contributed by atoms with Gasteiger partial charge in [-0.3, -0.25) is 4.79 Å². The number of aromatic nitrogens is 2. The van der Waals surface area contributed by atoms with E-state index in [4.69, 9.17) is 5.73 Å². The monoisotopic (exact) mass is 374 g/mol. The smallest absolute Gasteiger partial charge is 0.339 e. The number of alkyl halides is 3. The van der Waals surface area contributed by atoms with Gasteiger partial charge < -0.3 is 10.6 Å². The number of carbonyl (C=O) groups is 1. The van der Waals surface area contributed by atoms with E-state index in [0.717, 1.165) is 29.8 Å². The molecule has 25 heavy (non-hydrogen) atoms. The van der Waals surface area contributed by atoms with Gasteiger partial charge in [0.25, 0.3) is 5.91 Å². The van der Waals surface area contributed by atoms with Crippen molar-refractivity contribution in [2.45, 2.75) is 25.1 Å². The highest BCUT2D eigenvalue weighted by Crippen LogP contribution is 2.30. The van der Waals surface area contributed by atoms with Crippen molar-refractivity contribution in [1.82, 2.24) is 14.7 Å². The molecule has 5 nitrogen and oxygen atoms in total. The molecule has 1 aliphatic rings. The van der Waals surface area contributed by atoms with Crippen LogP contribution < -0.4 is 5.73 Å². The minimum absolute atomic E-state index is 0. The Morgan fingerprint density at radius 2 is 1.88 bits per heavy atom. The predicted octanol–water partition coefficient (Wildman–Crippen LogP) is 2.88. The molecule has 1 aliphatic heterocycles. The van der Waals surface area contributed by atoms with E-state index in [-0.39, 0.29) is 30.0 Å². The SMILES string of the molecule is Cl.NC1CCN(C(=O)c2cccc(-n3nccc3C(F)(F)F)c2)CC1. The number of rotatable bonds is 2. The molecule has 0 radical (unpaired) electrons. The van der Waals surface area contributed by atoms with Crippen molar-refractivity contribution >= 4 is 18.3 Å². The summed E-state index contributed by atoms with van der Waals surface area (Å²) in [5.74, 6) is -0.204. The van der Waals surface area contributed by atoms with E-state index in [1.807, 2.05) is 0 Å². The van der Waals surface area contributed by atoms with Crippen LogP contribution in [0.25, 0.3) is 5.69 Å². The van der Waals surface area contributed by atoms with Crippen LogP contribution in [-0.4, -0.2) is 39.7 Å². The number of nitrogens with two attached hydrogens (primary N) is 1. The Hall–Kier alpha value is -2.06. The van der Waals surface area contributed by atoms with Gasteiger partial charge in [-0.2, -0.15) is 18.3 Å². The molecule has 2 heterocycles. The second-order valence-corrected chi connectivity index (χ2v) is 5.81. The zero-order chi connectivity index (χ0) is 17.3. The lowest BCUT2D eigenvalue weighted by Gasteiger charge is -2.30. The van der Waals surface area contributed by atoms with Crippen molar-refractivity contribution in [3.63, 3.8) is 0 Å². The Bertz CT molecular complexity index is 739. The first-order valence-electron chi connectivity index (χ1n) is 7.63. The fourth-order valence-corrected chi connectivity index (χ4v) is 2.78. The van der Waals surface area contributed by atoms with Gasteiger partial charge in [-0.15, -0.1) is 12.4 Å². The molecule has 0 bridgehead atoms. The first-order chi connectivity index (χ1) is 11.4. The van der Waals surface area contributed by atoms with Crippen LogP contribution in [0.3, 0.4) is 0 Å². The number of hydrogen-bond donors (Lipinski definition) is 1. The molecule has 1 aromatic heterocycles. The molecule has 2 N–H and O–H groups in total. The zero-order valence-electron chi connectivity index (χ0n) is 13.2. The minimum atomic E-state index is -4.51. The average Bonchev–Trinajstić information content (AvgIpc) is 3.05. The highest BCUT2D eigenvalue weighted by atomic mass is 35.5. The standard InChI is InChI=1S/C16H17F3N4O.ClH/c17-16(18,19)14-4-7-21-23(14)13-3-1-2-11(10-13)15(24)22-8-5-12(20)6-9-22;/h1-4,7,10,12H,5-6,8-9,20H2;1H. The molecule has 0 spiro atoms. The number of hydrogen-bond acceptors (Lipinski definition) is 3. The second-order valence-electron chi connectivity index (χ2n) is 5.81. The summed E-state index contributed by atoms with van der Waals surface area (Å²) in [6.45, 7) is 1.11. The molecule has 2 aromatic rings. The zero-order valence-corrected chi connectivity index (χ0v) is 14.1. The summed E-state index contributed by atoms with van der Waals surface area (Å²) in [5, 5.41) is 3.73. The fraction of sp³-hybridized carbons (Fsp3) is 0.375. The molecule has 1 fully saturated rings. The van der Waals surface area contributed by atoms with Crippen molar-refractivity contribution in [1.29, 1.82) is 0 Å². The first kappa shape index (κ1) is 19.3. The van der Waals surface area contributed by atoms with Crippen molar-refractivity contribution in [3.8, 4) is 5.69 Å². The Labute approximate surface area is 149 Å². The summed E-state index contributed by atoms with van der Waals surface area (Å²) in [4.78, 5) is 14.2. The second kappa shape index (κ2) is 7.45. The quantitative estimate of drug-likeness (QED) is 0.879. The van der Waals surface area contributed by atoms with Crippen LogP contribution in [0.5, 0.6) is 0 Å². The number of piperidine rings is 1. The molecule has 0 saturated carbocycles. The fourth-order valence-electron chi connectivity index (χ4n) is 2.78. The maximum Gasteiger partial charge on any atom is 0.433 e. The Balaban J connectivity index is 0.00000225. The van der Waals surface area contributed by atoms with E-state index >= 15 is 0 Å². The van der Waals surface area contributed by atoms with E-state index < -0.39 is 11.9 Å². The van der Waals surface area contributed by atoms with E-state index in [1.165, 1.54) is 12.1 Å². The molecule has 1 aromatic carbocycles. The number of carbonyl (C=O) groups excluding carboxylic acids is 1. The van der Waals surface area contributed by atoms with E-state index in [2.05, 4.69) is 5.10 Å². The molecule has 0 atom stereocenters. The summed E-state index contributed by atoms with van der Waals surface area (Å²) in [7, 11) is 0. The Morgan fingerprint density at radius 1 is 1.20 bits per heavy atom. The van der Waals surface area contributed by atoms with Crippen molar-refractivity contribution in [2.75, 3.05) is 13.1 Å². The maximum atomic E-state index is 13.0. The largest absolute Gasteiger partial charge is 0.433 e. The molecular weight excluding hydrogens is 357 g/mol. The van der Waals surface area contributed by atoms with Crippen LogP contribution in [0.2, 0.25) is 0 Å². The van der Waals surface area contributed by atoms with Gasteiger partial charge in [-0.05, 0) is 37.1 Å². The molecule has 0 aliphatic carbocycles. The van der Waals surface area contributed by atoms with Crippen LogP contribution >= 0.6 is 12.4 Å². The lowest BCUT2D eigenvalue weighted by atomic mass is 10.0. The van der Waals surface area contributed by atoms with Gasteiger partial charge in [-0.1, -0.05) is 6.07 Å². The summed E-state index contributed by atoms with van der Waals surface area (Å²) < 4.78 is 39.8. The van der Waals surface area contributed by atoms with Gasteiger partial charge in [-0.25, -0.2) is 4.68 Å². The van der Waals surface area contributed by atoms with Gasteiger partial charge in [0, 0.05) is 24.7 Å². The number of amides is 1.